The van der Waals surface area contributed by atoms with Gasteiger partial charge < -0.3 is 24.0 Å². The Morgan fingerprint density at radius 3 is 1.30 bits per heavy atom. The third-order valence-corrected chi connectivity index (χ3v) is 37.5. The van der Waals surface area contributed by atoms with Gasteiger partial charge in [-0.25, -0.2) is 0 Å². The lowest BCUT2D eigenvalue weighted by atomic mass is 9.35. The Bertz CT molecular complexity index is 7240. The summed E-state index contributed by atoms with van der Waals surface area (Å²) in [6.45, 7) is 57.6. The smallest absolute Gasteiger partial charge is 0.297 e. The van der Waals surface area contributed by atoms with Crippen LogP contribution in [0.15, 0.2) is 235 Å². The van der Waals surface area contributed by atoms with Crippen LogP contribution in [0.5, 0.6) is 0 Å². The lowest BCUT2D eigenvalue weighted by Crippen LogP contribution is -2.64. The first-order valence-electron chi connectivity index (χ1n) is 50.2. The highest BCUT2D eigenvalue weighted by Crippen LogP contribution is 2.68. The molecule has 5 nitrogen and oxygen atoms in total. The fourth-order valence-corrected chi connectivity index (χ4v) is 29.2. The lowest BCUT2D eigenvalue weighted by molar-refractivity contribution is 0.118. The molecule has 24 rings (SSSR count). The lowest BCUT2D eigenvalue weighted by Gasteiger charge is -2.55. The topological polar surface area (TPSA) is 26.1 Å². The van der Waals surface area contributed by atoms with Gasteiger partial charge in [-0.3, -0.25) is 0 Å². The van der Waals surface area contributed by atoms with Crippen LogP contribution in [0.1, 0.15) is 292 Å². The van der Waals surface area contributed by atoms with Gasteiger partial charge in [0.15, 0.2) is 0 Å². The van der Waals surface area contributed by atoms with Crippen LogP contribution in [-0.4, -0.2) is 24.5 Å². The molecule has 10 aliphatic rings. The second-order valence-corrected chi connectivity index (χ2v) is 50.9. The van der Waals surface area contributed by atoms with Crippen molar-refractivity contribution in [3.05, 3.63) is 286 Å². The molecule has 12 aromatic carbocycles. The van der Waals surface area contributed by atoms with Gasteiger partial charge in [0.25, 0.3) is 13.4 Å². The summed E-state index contributed by atoms with van der Waals surface area (Å²) in [5, 5.41) is 2.60. The van der Waals surface area contributed by atoms with Gasteiger partial charge in [0.05, 0.1) is 39.5 Å². The molecule has 14 aromatic rings. The largest absolute Gasteiger partial charge is 0.468 e. The number of anilines is 10. The monoisotopic (exact) mass is 1750 g/mol. The average Bonchev–Trinajstić information content (AvgIpc) is 1.49. The Balaban J connectivity index is 0.714. The molecule has 0 N–H and O–H groups in total. The van der Waals surface area contributed by atoms with Crippen molar-refractivity contribution in [1.82, 2.24) is 0 Å². The predicted molar refractivity (Wildman–Crippen MR) is 567 cm³/mol. The highest BCUT2D eigenvalue weighted by molar-refractivity contribution is 7.33. The summed E-state index contributed by atoms with van der Waals surface area (Å²) in [6.07, 6.45) is 13.6. The molecule has 132 heavy (non-hydrogen) atoms. The van der Waals surface area contributed by atoms with Crippen molar-refractivity contribution in [2.24, 2.45) is 5.92 Å². The zero-order valence-electron chi connectivity index (χ0n) is 82.8. The maximum Gasteiger partial charge on any atom is 0.297 e. The fraction of sp³-hybridized carbons (Fsp3) is 0.387. The Hall–Kier alpha value is -10.5. The Morgan fingerprint density at radius 1 is 0.348 bits per heavy atom. The second kappa shape index (κ2) is 27.9. The van der Waals surface area contributed by atoms with Crippen molar-refractivity contribution < 1.29 is 4.42 Å². The number of hydrogen-bond acceptors (Lipinski definition) is 6. The second-order valence-electron chi connectivity index (χ2n) is 49.8. The molecule has 6 aliphatic heterocycles. The van der Waals surface area contributed by atoms with E-state index in [0.717, 1.165) is 69.0 Å². The van der Waals surface area contributed by atoms with Gasteiger partial charge in [0.1, 0.15) is 5.58 Å². The van der Waals surface area contributed by atoms with Crippen LogP contribution in [0, 0.1) is 5.92 Å². The summed E-state index contributed by atoms with van der Waals surface area (Å²) in [4.78, 5) is 11.6. The number of furan rings is 1. The van der Waals surface area contributed by atoms with Gasteiger partial charge in [0, 0.05) is 76.3 Å². The van der Waals surface area contributed by atoms with E-state index in [1.807, 2.05) is 0 Å². The molecule has 2 fully saturated rings. The van der Waals surface area contributed by atoms with Gasteiger partial charge in [-0.1, -0.05) is 316 Å². The van der Waals surface area contributed by atoms with Gasteiger partial charge >= 0.3 is 0 Å². The van der Waals surface area contributed by atoms with Crippen LogP contribution in [-0.2, 0) is 54.1 Å². The van der Waals surface area contributed by atoms with E-state index in [1.54, 1.807) is 5.56 Å². The highest BCUT2D eigenvalue weighted by Gasteiger charge is 2.66. The number of benzene rings is 12. The first kappa shape index (κ1) is 84.5. The normalized spacial score (nSPS) is 23.6. The molecule has 0 saturated heterocycles. The van der Waals surface area contributed by atoms with Crippen LogP contribution >= 0.6 is 11.3 Å². The number of rotatable bonds is 8. The predicted octanol–water partition coefficient (Wildman–Crippen LogP) is 30.2. The van der Waals surface area contributed by atoms with Gasteiger partial charge in [-0.05, 0) is 311 Å². The van der Waals surface area contributed by atoms with Crippen LogP contribution in [0.3, 0.4) is 0 Å². The standard InChI is InChI=1S/C124H132B2N4OS/c1-113(2,3)81-46-48-97(85(62-81)77-42-32-26-33-43-77)127-99-58-79(75-38-28-24-29-39-75)60-101-105(99)125(95-66-83(115(7,8)9)64-93-109(95)129(101)123(22)52-37-36-51-121(93,123)20)111-107(127)87-68-92-90(70-103(87)131-111)119(17,18)56-57-120(92,19)72-74-50-53-124(23)122(21,73-74)94-65-84(116(10,11)12)67-96-110(94)130(124)102-61-80(76-40-30-25-31-41-76)59-100-106(102)126(96)112-108(88-69-89-91(71-104(88)132-112)118(15,16)55-54-117(89,13)14)128(100)98-49-47-82(114(4,5)6)63-86(98)78-44-34-27-35-45-78/h24-35,38-49,58-71,74H,36-37,50-57,72-73H2,1-23H3. The van der Waals surface area contributed by atoms with Gasteiger partial charge in [-0.15, -0.1) is 11.3 Å². The zero-order chi connectivity index (χ0) is 91.8. The first-order chi connectivity index (χ1) is 62.5. The summed E-state index contributed by atoms with van der Waals surface area (Å²) >= 11 is 2.11. The third-order valence-electron chi connectivity index (χ3n) is 36.2. The molecule has 2 saturated carbocycles. The summed E-state index contributed by atoms with van der Waals surface area (Å²) < 4.78 is 11.1. The van der Waals surface area contributed by atoms with E-state index in [1.165, 1.54) is 213 Å². The number of thiophene rings is 1. The molecule has 0 radical (unpaired) electrons. The summed E-state index contributed by atoms with van der Waals surface area (Å²) in [5.41, 5.74) is 43.9. The van der Waals surface area contributed by atoms with Gasteiger partial charge in [-0.2, -0.15) is 0 Å². The van der Waals surface area contributed by atoms with Crippen molar-refractivity contribution in [2.45, 2.75) is 302 Å². The molecule has 6 unspecified atom stereocenters. The number of hydrogen-bond donors (Lipinski definition) is 0. The third kappa shape index (κ3) is 11.8. The summed E-state index contributed by atoms with van der Waals surface area (Å²) in [5.74, 6) is 0.419. The molecule has 0 amide bonds. The molecule has 0 spiro atoms. The minimum Gasteiger partial charge on any atom is -0.468 e. The van der Waals surface area contributed by atoms with E-state index in [-0.39, 0.29) is 78.7 Å². The minimum absolute atomic E-state index is 0.00696. The Labute approximate surface area is 791 Å². The number of nitrogens with zero attached hydrogens (tertiary/aromatic N) is 4. The SMILES string of the molecule is CC(C)(C)c1ccc(N2c3cc(-c4ccccc4)cc4c3B(c3cc(C(C)(C)C)cc5c3N4C3(C)CCCCC53C)c3oc4cc5c(cc4c32)C(C)(CC2CCC3(C)N4c6cc(-c7ccccc7)cc7c6B(c6cc(C(C)(C)C)cc(c64)C3(C)C2)c2sc3cc4c(cc3c2N7c2ccc(C(C)(C)C)cc2-c2ccccc2)C(C)(C)CCC4(C)C)CCC5(C)C)c(-c2ccccc2)c1. The minimum atomic E-state index is -0.300. The molecular formula is C124H132B2N4OS. The van der Waals surface area contributed by atoms with Crippen molar-refractivity contribution in [3.63, 3.8) is 0 Å². The summed E-state index contributed by atoms with van der Waals surface area (Å²) in [7, 11) is 0. The fourth-order valence-electron chi connectivity index (χ4n) is 27.9. The summed E-state index contributed by atoms with van der Waals surface area (Å²) in [6, 6.07) is 92.7. The highest BCUT2D eigenvalue weighted by atomic mass is 32.1. The van der Waals surface area contributed by atoms with E-state index in [9.17, 15) is 0 Å². The van der Waals surface area contributed by atoms with Crippen molar-refractivity contribution in [1.29, 1.82) is 0 Å². The molecule has 8 heterocycles. The zero-order valence-corrected chi connectivity index (χ0v) is 83.6. The van der Waals surface area contributed by atoms with Crippen LogP contribution in [0.4, 0.5) is 56.9 Å². The molecule has 6 atom stereocenters. The molecule has 666 valence electrons. The Morgan fingerprint density at radius 2 is 0.780 bits per heavy atom. The quantitative estimate of drug-likeness (QED) is 0.141. The van der Waals surface area contributed by atoms with Crippen LogP contribution in [0.2, 0.25) is 0 Å². The van der Waals surface area contributed by atoms with Gasteiger partial charge in [0.2, 0.25) is 0 Å². The average molecular weight is 1750 g/mol. The van der Waals surface area contributed by atoms with Crippen LogP contribution in [0.25, 0.3) is 65.6 Å². The molecule has 8 heteroatoms. The van der Waals surface area contributed by atoms with Crippen molar-refractivity contribution >= 4 is 135 Å². The molecule has 4 aliphatic carbocycles. The maximum atomic E-state index is 8.28. The maximum absolute atomic E-state index is 8.28. The Kier molecular flexibility index (Phi) is 17.8. The molecule has 2 aromatic heterocycles. The van der Waals surface area contributed by atoms with E-state index in [2.05, 4.69) is 421 Å². The van der Waals surface area contributed by atoms with Crippen molar-refractivity contribution in [3.8, 4) is 44.5 Å². The van der Waals surface area contributed by atoms with E-state index in [4.69, 9.17) is 4.42 Å². The van der Waals surface area contributed by atoms with E-state index >= 15 is 0 Å². The molecular weight excluding hydrogens is 1620 g/mol. The molecule has 0 bridgehead atoms. The van der Waals surface area contributed by atoms with E-state index in [0.29, 0.717) is 5.92 Å². The number of fused-ring (bicyclic) bond motifs is 20. The van der Waals surface area contributed by atoms with Crippen molar-refractivity contribution in [2.75, 3.05) is 19.6 Å². The van der Waals surface area contributed by atoms with Crippen LogP contribution < -0.4 is 51.9 Å². The van der Waals surface area contributed by atoms with E-state index < -0.39 is 0 Å². The first-order valence-corrected chi connectivity index (χ1v) is 51.0.